The third-order valence-electron chi connectivity index (χ3n) is 5.12. The second-order valence-electron chi connectivity index (χ2n) is 7.26. The average Bonchev–Trinajstić information content (AvgIpc) is 2.77. The Morgan fingerprint density at radius 2 is 1.43 bits per heavy atom. The number of phenols is 1. The van der Waals surface area contributed by atoms with Crippen LogP contribution in [0.4, 0.5) is 0 Å². The third-order valence-corrected chi connectivity index (χ3v) is 5.12. The van der Waals surface area contributed by atoms with Crippen LogP contribution in [0.25, 0.3) is 22.9 Å². The van der Waals surface area contributed by atoms with Crippen LogP contribution >= 0.6 is 0 Å². The van der Waals surface area contributed by atoms with Crippen molar-refractivity contribution in [3.05, 3.63) is 113 Å². The van der Waals surface area contributed by atoms with Crippen molar-refractivity contribution in [1.82, 2.24) is 5.32 Å². The van der Waals surface area contributed by atoms with Crippen molar-refractivity contribution >= 4 is 28.8 Å². The highest BCUT2D eigenvalue weighted by Crippen LogP contribution is 2.36. The Balaban J connectivity index is 1.71. The van der Waals surface area contributed by atoms with E-state index in [4.69, 9.17) is 0 Å². The Labute approximate surface area is 176 Å². The fraction of sp³-hybridized carbons (Fsp3) is 0.0741. The molecule has 0 aromatic heterocycles. The van der Waals surface area contributed by atoms with E-state index in [2.05, 4.69) is 29.6 Å². The van der Waals surface area contributed by atoms with E-state index in [0.29, 0.717) is 5.56 Å². The van der Waals surface area contributed by atoms with Gasteiger partial charge in [-0.2, -0.15) is 0 Å². The molecule has 0 fully saturated rings. The van der Waals surface area contributed by atoms with E-state index in [9.17, 15) is 9.90 Å². The molecule has 0 aliphatic rings. The minimum absolute atomic E-state index is 0.152. The van der Waals surface area contributed by atoms with Crippen LogP contribution in [-0.4, -0.2) is 11.0 Å². The first-order valence-electron chi connectivity index (χ1n) is 9.92. The number of nitrogens with one attached hydrogen (secondary N) is 1. The standard InChI is InChI=1S/C27H23NO2/c1-19(29)28-27(26-24-10-6-5-9-22(24)17-18-25(26)30)23-15-13-21(14-16-23)12-11-20-7-3-2-4-8-20/h2-18,27,30H,1H3,(H,28,29)/b12-11+. The summed E-state index contributed by atoms with van der Waals surface area (Å²) in [5, 5.41) is 15.6. The van der Waals surface area contributed by atoms with Crippen molar-refractivity contribution in [2.24, 2.45) is 0 Å². The summed E-state index contributed by atoms with van der Waals surface area (Å²) in [6.45, 7) is 1.49. The van der Waals surface area contributed by atoms with Crippen molar-refractivity contribution in [1.29, 1.82) is 0 Å². The van der Waals surface area contributed by atoms with Crippen LogP contribution in [0.15, 0.2) is 91.0 Å². The van der Waals surface area contributed by atoms with Crippen LogP contribution in [-0.2, 0) is 4.79 Å². The van der Waals surface area contributed by atoms with Gasteiger partial charge in [0.2, 0.25) is 5.91 Å². The van der Waals surface area contributed by atoms with Crippen LogP contribution in [0.2, 0.25) is 0 Å². The molecule has 0 spiro atoms. The molecule has 2 N–H and O–H groups in total. The van der Waals surface area contributed by atoms with E-state index in [-0.39, 0.29) is 11.7 Å². The molecule has 4 aromatic carbocycles. The van der Waals surface area contributed by atoms with Crippen LogP contribution < -0.4 is 5.32 Å². The topological polar surface area (TPSA) is 49.3 Å². The van der Waals surface area contributed by atoms with Crippen LogP contribution in [0.5, 0.6) is 5.75 Å². The van der Waals surface area contributed by atoms with Gasteiger partial charge in [0.15, 0.2) is 0 Å². The summed E-state index contributed by atoms with van der Waals surface area (Å²) >= 11 is 0. The summed E-state index contributed by atoms with van der Waals surface area (Å²) in [5.74, 6) is 0.0147. The number of rotatable bonds is 5. The van der Waals surface area contributed by atoms with Gasteiger partial charge in [-0.05, 0) is 33.5 Å². The van der Waals surface area contributed by atoms with E-state index >= 15 is 0 Å². The van der Waals surface area contributed by atoms with Gasteiger partial charge in [-0.1, -0.05) is 97.1 Å². The van der Waals surface area contributed by atoms with Crippen molar-refractivity contribution in [2.75, 3.05) is 0 Å². The number of hydrogen-bond donors (Lipinski definition) is 2. The maximum Gasteiger partial charge on any atom is 0.217 e. The highest BCUT2D eigenvalue weighted by Gasteiger charge is 2.21. The van der Waals surface area contributed by atoms with Gasteiger partial charge in [-0.3, -0.25) is 4.79 Å². The number of carbonyl (C=O) groups is 1. The number of benzene rings is 4. The maximum absolute atomic E-state index is 12.0. The minimum Gasteiger partial charge on any atom is -0.508 e. The largest absolute Gasteiger partial charge is 0.508 e. The molecular formula is C27H23NO2. The second kappa shape index (κ2) is 8.66. The first kappa shape index (κ1) is 19.5. The number of phenolic OH excluding ortho intramolecular Hbond substituents is 1. The number of aromatic hydroxyl groups is 1. The summed E-state index contributed by atoms with van der Waals surface area (Å²) in [6.07, 6.45) is 4.12. The van der Waals surface area contributed by atoms with Crippen LogP contribution in [0, 0.1) is 0 Å². The van der Waals surface area contributed by atoms with Gasteiger partial charge in [-0.15, -0.1) is 0 Å². The molecule has 1 unspecified atom stereocenters. The molecule has 0 aliphatic heterocycles. The molecule has 0 heterocycles. The number of amides is 1. The monoisotopic (exact) mass is 393 g/mol. The van der Waals surface area contributed by atoms with E-state index in [1.54, 1.807) is 6.07 Å². The molecule has 148 valence electrons. The lowest BCUT2D eigenvalue weighted by molar-refractivity contribution is -0.119. The maximum atomic E-state index is 12.0. The molecule has 0 saturated carbocycles. The van der Waals surface area contributed by atoms with Gasteiger partial charge in [0, 0.05) is 12.5 Å². The van der Waals surface area contributed by atoms with Crippen LogP contribution in [0.3, 0.4) is 0 Å². The Morgan fingerprint density at radius 1 is 0.800 bits per heavy atom. The van der Waals surface area contributed by atoms with Gasteiger partial charge in [0.05, 0.1) is 6.04 Å². The number of fused-ring (bicyclic) bond motifs is 1. The zero-order valence-electron chi connectivity index (χ0n) is 16.7. The predicted octanol–water partition coefficient (Wildman–Crippen LogP) is 5.94. The lowest BCUT2D eigenvalue weighted by Gasteiger charge is -2.22. The average molecular weight is 393 g/mol. The molecule has 1 amide bonds. The fourth-order valence-corrected chi connectivity index (χ4v) is 3.67. The fourth-order valence-electron chi connectivity index (χ4n) is 3.67. The highest BCUT2D eigenvalue weighted by atomic mass is 16.3. The van der Waals surface area contributed by atoms with E-state index < -0.39 is 6.04 Å². The molecular weight excluding hydrogens is 370 g/mol. The number of carbonyl (C=O) groups excluding carboxylic acids is 1. The molecule has 3 heteroatoms. The molecule has 4 aromatic rings. The lowest BCUT2D eigenvalue weighted by atomic mass is 9.92. The summed E-state index contributed by atoms with van der Waals surface area (Å²) in [5.41, 5.74) is 3.81. The van der Waals surface area contributed by atoms with Crippen molar-refractivity contribution in [2.45, 2.75) is 13.0 Å². The molecule has 4 rings (SSSR count). The smallest absolute Gasteiger partial charge is 0.217 e. The first-order chi connectivity index (χ1) is 14.6. The molecule has 0 aliphatic carbocycles. The van der Waals surface area contributed by atoms with Crippen molar-refractivity contribution < 1.29 is 9.90 Å². The summed E-state index contributed by atoms with van der Waals surface area (Å²) < 4.78 is 0. The Hall–Kier alpha value is -3.85. The molecule has 0 saturated heterocycles. The zero-order chi connectivity index (χ0) is 20.9. The van der Waals surface area contributed by atoms with E-state index in [1.165, 1.54) is 6.92 Å². The Kier molecular flexibility index (Phi) is 5.62. The van der Waals surface area contributed by atoms with Gasteiger partial charge in [-0.25, -0.2) is 0 Å². The Bertz CT molecular complexity index is 1190. The second-order valence-corrected chi connectivity index (χ2v) is 7.26. The van der Waals surface area contributed by atoms with Gasteiger partial charge in [0.1, 0.15) is 5.75 Å². The van der Waals surface area contributed by atoms with Crippen molar-refractivity contribution in [3.63, 3.8) is 0 Å². The quantitative estimate of drug-likeness (QED) is 0.412. The van der Waals surface area contributed by atoms with E-state index in [0.717, 1.165) is 27.5 Å². The van der Waals surface area contributed by atoms with Gasteiger partial charge < -0.3 is 10.4 Å². The highest BCUT2D eigenvalue weighted by molar-refractivity contribution is 5.89. The molecule has 0 bridgehead atoms. The minimum atomic E-state index is -0.444. The summed E-state index contributed by atoms with van der Waals surface area (Å²) in [4.78, 5) is 12.0. The Morgan fingerprint density at radius 3 is 2.13 bits per heavy atom. The van der Waals surface area contributed by atoms with E-state index in [1.807, 2.05) is 72.8 Å². The summed E-state index contributed by atoms with van der Waals surface area (Å²) in [7, 11) is 0. The molecule has 30 heavy (non-hydrogen) atoms. The van der Waals surface area contributed by atoms with Crippen LogP contribution in [0.1, 0.15) is 35.2 Å². The van der Waals surface area contributed by atoms with Gasteiger partial charge >= 0.3 is 0 Å². The number of hydrogen-bond acceptors (Lipinski definition) is 2. The van der Waals surface area contributed by atoms with Crippen molar-refractivity contribution in [3.8, 4) is 5.75 Å². The third kappa shape index (κ3) is 4.26. The first-order valence-corrected chi connectivity index (χ1v) is 9.92. The van der Waals surface area contributed by atoms with Gasteiger partial charge in [0.25, 0.3) is 0 Å². The lowest BCUT2D eigenvalue weighted by Crippen LogP contribution is -2.27. The molecule has 0 radical (unpaired) electrons. The molecule has 3 nitrogen and oxygen atoms in total. The predicted molar refractivity (Wildman–Crippen MR) is 123 cm³/mol. The zero-order valence-corrected chi connectivity index (χ0v) is 16.7. The molecule has 1 atom stereocenters. The SMILES string of the molecule is CC(=O)NC(c1ccc(/C=C/c2ccccc2)cc1)c1c(O)ccc2ccccc12. The normalized spacial score (nSPS) is 12.2. The summed E-state index contributed by atoms with van der Waals surface area (Å²) in [6, 6.07) is 29.2.